The van der Waals surface area contributed by atoms with Crippen LogP contribution in [-0.4, -0.2) is 33.2 Å². The third-order valence-corrected chi connectivity index (χ3v) is 4.97. The fraction of sp³-hybridized carbons (Fsp3) is 0.474. The summed E-state index contributed by atoms with van der Waals surface area (Å²) in [4.78, 5) is 14.7. The largest absolute Gasteiger partial charge is 0.325 e. The van der Waals surface area contributed by atoms with E-state index in [0.29, 0.717) is 30.4 Å². The molecule has 25 heavy (non-hydrogen) atoms. The van der Waals surface area contributed by atoms with E-state index >= 15 is 0 Å². The Morgan fingerprint density at radius 1 is 1.36 bits per heavy atom. The first-order valence-corrected chi connectivity index (χ1v) is 8.65. The van der Waals surface area contributed by atoms with Gasteiger partial charge in [-0.2, -0.15) is 5.10 Å². The molecule has 0 atom stereocenters. The zero-order valence-electron chi connectivity index (χ0n) is 15.3. The zero-order valence-corrected chi connectivity index (χ0v) is 15.3. The monoisotopic (exact) mass is 344 g/mol. The molecule has 1 aliphatic rings. The highest BCUT2D eigenvalue weighted by Gasteiger charge is 2.31. The Morgan fingerprint density at radius 2 is 2.08 bits per heavy atom. The van der Waals surface area contributed by atoms with Gasteiger partial charge in [0.25, 0.3) is 0 Å². The number of halogens is 1. The van der Waals surface area contributed by atoms with E-state index in [1.165, 1.54) is 11.6 Å². The fourth-order valence-electron chi connectivity index (χ4n) is 3.12. The Kier molecular flexibility index (Phi) is 4.90. The number of rotatable bonds is 6. The molecule has 0 radical (unpaired) electrons. The lowest BCUT2D eigenvalue weighted by Gasteiger charge is -2.22. The van der Waals surface area contributed by atoms with Crippen LogP contribution in [0.5, 0.6) is 0 Å². The Labute approximate surface area is 147 Å². The van der Waals surface area contributed by atoms with Crippen molar-refractivity contribution in [3.63, 3.8) is 0 Å². The van der Waals surface area contributed by atoms with Crippen LogP contribution >= 0.6 is 0 Å². The quantitative estimate of drug-likeness (QED) is 0.876. The standard InChI is InChI=1S/C19H25FN4O/c1-12-17(20)6-5-7-18(12)21-19(25)11-24(15-8-9-15)10-16-13(2)22-23(4)14(16)3/h5-7,15H,8-11H2,1-4H3,(H,21,25). The molecule has 1 aromatic carbocycles. The van der Waals surface area contributed by atoms with E-state index in [4.69, 9.17) is 0 Å². The number of hydrogen-bond acceptors (Lipinski definition) is 3. The minimum Gasteiger partial charge on any atom is -0.325 e. The molecule has 6 heteroatoms. The first-order valence-electron chi connectivity index (χ1n) is 8.65. The summed E-state index contributed by atoms with van der Waals surface area (Å²) in [5.74, 6) is -0.418. The second-order valence-corrected chi connectivity index (χ2v) is 6.87. The molecular formula is C19H25FN4O. The van der Waals surface area contributed by atoms with Crippen LogP contribution in [0, 0.1) is 26.6 Å². The number of carbonyl (C=O) groups is 1. The van der Waals surface area contributed by atoms with E-state index in [1.54, 1.807) is 19.1 Å². The summed E-state index contributed by atoms with van der Waals surface area (Å²) in [7, 11) is 1.94. The highest BCUT2D eigenvalue weighted by atomic mass is 19.1. The van der Waals surface area contributed by atoms with Crippen LogP contribution in [0.3, 0.4) is 0 Å². The molecular weight excluding hydrogens is 319 g/mol. The van der Waals surface area contributed by atoms with Crippen LogP contribution in [0.1, 0.15) is 35.4 Å². The summed E-state index contributed by atoms with van der Waals surface area (Å²) in [6.07, 6.45) is 2.23. The lowest BCUT2D eigenvalue weighted by Crippen LogP contribution is -2.35. The number of nitrogens with one attached hydrogen (secondary N) is 1. The molecule has 1 saturated carbocycles. The van der Waals surface area contributed by atoms with Crippen molar-refractivity contribution in [3.05, 3.63) is 46.5 Å². The van der Waals surface area contributed by atoms with Crippen molar-refractivity contribution < 1.29 is 9.18 Å². The van der Waals surface area contributed by atoms with Crippen LogP contribution < -0.4 is 5.32 Å². The molecule has 0 aliphatic heterocycles. The molecule has 134 valence electrons. The van der Waals surface area contributed by atoms with Crippen LogP contribution in [0.25, 0.3) is 0 Å². The van der Waals surface area contributed by atoms with Crippen LogP contribution in [0.4, 0.5) is 10.1 Å². The van der Waals surface area contributed by atoms with Crippen LogP contribution in [-0.2, 0) is 18.4 Å². The molecule has 1 aliphatic carbocycles. The van der Waals surface area contributed by atoms with Gasteiger partial charge in [-0.3, -0.25) is 14.4 Å². The molecule has 3 rings (SSSR count). The topological polar surface area (TPSA) is 50.2 Å². The van der Waals surface area contributed by atoms with Gasteiger partial charge >= 0.3 is 0 Å². The van der Waals surface area contributed by atoms with Gasteiger partial charge in [-0.15, -0.1) is 0 Å². The van der Waals surface area contributed by atoms with Gasteiger partial charge in [-0.1, -0.05) is 6.07 Å². The van der Waals surface area contributed by atoms with E-state index < -0.39 is 0 Å². The number of amides is 1. The molecule has 0 unspecified atom stereocenters. The number of hydrogen-bond donors (Lipinski definition) is 1. The minimum absolute atomic E-state index is 0.111. The van der Waals surface area contributed by atoms with Crippen molar-refractivity contribution in [2.75, 3.05) is 11.9 Å². The van der Waals surface area contributed by atoms with Gasteiger partial charge in [0.15, 0.2) is 0 Å². The lowest BCUT2D eigenvalue weighted by molar-refractivity contribution is -0.117. The fourth-order valence-corrected chi connectivity index (χ4v) is 3.12. The number of benzene rings is 1. The minimum atomic E-state index is -0.307. The summed E-state index contributed by atoms with van der Waals surface area (Å²) in [5, 5.41) is 7.30. The summed E-state index contributed by atoms with van der Waals surface area (Å²) in [6, 6.07) is 5.18. The highest BCUT2D eigenvalue weighted by molar-refractivity contribution is 5.93. The number of aryl methyl sites for hydroxylation is 2. The summed E-state index contributed by atoms with van der Waals surface area (Å²) in [6.45, 7) is 6.74. The normalized spacial score (nSPS) is 14.2. The van der Waals surface area contributed by atoms with Gasteiger partial charge in [0, 0.05) is 42.1 Å². The number of aromatic nitrogens is 2. The second-order valence-electron chi connectivity index (χ2n) is 6.87. The zero-order chi connectivity index (χ0) is 18.1. The Balaban J connectivity index is 1.70. The van der Waals surface area contributed by atoms with E-state index in [-0.39, 0.29) is 11.7 Å². The van der Waals surface area contributed by atoms with Crippen molar-refractivity contribution in [3.8, 4) is 0 Å². The maximum atomic E-state index is 13.6. The van der Waals surface area contributed by atoms with E-state index in [1.807, 2.05) is 18.7 Å². The van der Waals surface area contributed by atoms with Gasteiger partial charge in [0.1, 0.15) is 5.82 Å². The Hall–Kier alpha value is -2.21. The molecule has 1 fully saturated rings. The van der Waals surface area contributed by atoms with Gasteiger partial charge in [-0.05, 0) is 45.7 Å². The molecule has 1 heterocycles. The van der Waals surface area contributed by atoms with Crippen LogP contribution in [0.15, 0.2) is 18.2 Å². The van der Waals surface area contributed by atoms with Gasteiger partial charge < -0.3 is 5.32 Å². The molecule has 5 nitrogen and oxygen atoms in total. The Morgan fingerprint density at radius 3 is 2.68 bits per heavy atom. The smallest absolute Gasteiger partial charge is 0.238 e. The second kappa shape index (κ2) is 6.96. The third kappa shape index (κ3) is 3.90. The van der Waals surface area contributed by atoms with Crippen molar-refractivity contribution in [1.29, 1.82) is 0 Å². The predicted molar refractivity (Wildman–Crippen MR) is 95.9 cm³/mol. The summed E-state index contributed by atoms with van der Waals surface area (Å²) < 4.78 is 15.5. The van der Waals surface area contributed by atoms with E-state index in [2.05, 4.69) is 22.2 Å². The summed E-state index contributed by atoms with van der Waals surface area (Å²) >= 11 is 0. The highest BCUT2D eigenvalue weighted by Crippen LogP contribution is 2.29. The molecule has 1 aromatic heterocycles. The SMILES string of the molecule is Cc1nn(C)c(C)c1CN(CC(=O)Nc1cccc(F)c1C)C1CC1. The first kappa shape index (κ1) is 17.6. The van der Waals surface area contributed by atoms with Gasteiger partial charge in [0.05, 0.1) is 12.2 Å². The Bertz CT molecular complexity index is 795. The van der Waals surface area contributed by atoms with Crippen molar-refractivity contribution in [2.24, 2.45) is 7.05 Å². The average molecular weight is 344 g/mol. The number of anilines is 1. The van der Waals surface area contributed by atoms with E-state index in [0.717, 1.165) is 24.2 Å². The van der Waals surface area contributed by atoms with Crippen LogP contribution in [0.2, 0.25) is 0 Å². The maximum absolute atomic E-state index is 13.6. The van der Waals surface area contributed by atoms with Crippen molar-refractivity contribution in [1.82, 2.24) is 14.7 Å². The lowest BCUT2D eigenvalue weighted by atomic mass is 10.1. The average Bonchev–Trinajstić information content (AvgIpc) is 3.36. The first-order chi connectivity index (χ1) is 11.9. The molecule has 2 aromatic rings. The maximum Gasteiger partial charge on any atom is 0.238 e. The molecule has 0 spiro atoms. The molecule has 1 N–H and O–H groups in total. The summed E-state index contributed by atoms with van der Waals surface area (Å²) in [5.41, 5.74) is 4.32. The van der Waals surface area contributed by atoms with Gasteiger partial charge in [-0.25, -0.2) is 4.39 Å². The molecule has 0 saturated heterocycles. The van der Waals surface area contributed by atoms with E-state index in [9.17, 15) is 9.18 Å². The number of nitrogens with zero attached hydrogens (tertiary/aromatic N) is 3. The predicted octanol–water partition coefficient (Wildman–Crippen LogP) is 3.09. The van der Waals surface area contributed by atoms with Crippen molar-refractivity contribution in [2.45, 2.75) is 46.2 Å². The third-order valence-electron chi connectivity index (χ3n) is 4.97. The van der Waals surface area contributed by atoms with Crippen molar-refractivity contribution >= 4 is 11.6 Å². The van der Waals surface area contributed by atoms with Gasteiger partial charge in [0.2, 0.25) is 5.91 Å². The number of carbonyl (C=O) groups excluding carboxylic acids is 1. The molecule has 1 amide bonds. The molecule has 0 bridgehead atoms.